The van der Waals surface area contributed by atoms with Gasteiger partial charge in [-0.3, -0.25) is 4.90 Å². The average Bonchev–Trinajstić information content (AvgIpc) is 3.42. The Kier molecular flexibility index (Phi) is 5.20. The van der Waals surface area contributed by atoms with E-state index in [2.05, 4.69) is 56.1 Å². The second kappa shape index (κ2) is 8.18. The highest BCUT2D eigenvalue weighted by Gasteiger charge is 2.30. The lowest BCUT2D eigenvalue weighted by Crippen LogP contribution is -2.40. The van der Waals surface area contributed by atoms with Crippen LogP contribution in [0.2, 0.25) is 0 Å². The lowest BCUT2D eigenvalue weighted by molar-refractivity contribution is -0.364. The van der Waals surface area contributed by atoms with Crippen LogP contribution in [0.1, 0.15) is 38.1 Å². The Hall–Kier alpha value is -3.55. The number of rotatable bonds is 5. The Labute approximate surface area is 187 Å². The first-order valence-electron chi connectivity index (χ1n) is 11.0. The third kappa shape index (κ3) is 4.26. The van der Waals surface area contributed by atoms with Crippen molar-refractivity contribution in [2.75, 3.05) is 18.0 Å². The number of aryl methyl sites for hydroxylation is 1. The summed E-state index contributed by atoms with van der Waals surface area (Å²) in [6.07, 6.45) is 4.40. The quantitative estimate of drug-likeness (QED) is 0.479. The molecule has 0 amide bonds. The van der Waals surface area contributed by atoms with Gasteiger partial charge < -0.3 is 4.42 Å². The largest absolute Gasteiger partial charge is 0.413 e. The zero-order valence-electron chi connectivity index (χ0n) is 18.7. The van der Waals surface area contributed by atoms with Gasteiger partial charge in [-0.1, -0.05) is 32.0 Å². The minimum atomic E-state index is 0.323. The van der Waals surface area contributed by atoms with Gasteiger partial charge in [0.2, 0.25) is 11.7 Å². The van der Waals surface area contributed by atoms with Gasteiger partial charge in [0, 0.05) is 11.6 Å². The molecule has 0 atom stereocenters. The Morgan fingerprint density at radius 3 is 2.56 bits per heavy atom. The van der Waals surface area contributed by atoms with E-state index in [-0.39, 0.29) is 0 Å². The molecule has 32 heavy (non-hydrogen) atoms. The van der Waals surface area contributed by atoms with E-state index < -0.39 is 0 Å². The number of hydrogen-bond acceptors (Lipinski definition) is 6. The Bertz CT molecular complexity index is 1200. The van der Waals surface area contributed by atoms with Crippen LogP contribution < -0.4 is 9.88 Å². The molecule has 1 aliphatic rings. The molecule has 0 saturated carbocycles. The van der Waals surface area contributed by atoms with Gasteiger partial charge in [0.15, 0.2) is 0 Å². The number of aromatic amines is 1. The van der Waals surface area contributed by atoms with E-state index in [1.54, 1.807) is 0 Å². The third-order valence-electron chi connectivity index (χ3n) is 6.13. The number of nitrogens with one attached hydrogen (secondary N) is 1. The summed E-state index contributed by atoms with van der Waals surface area (Å²) in [6, 6.07) is 14.0. The fraction of sp³-hybridized carbons (Fsp3) is 0.375. The van der Waals surface area contributed by atoms with Crippen molar-refractivity contribution in [3.05, 3.63) is 60.0 Å². The van der Waals surface area contributed by atoms with E-state index in [9.17, 15) is 0 Å². The summed E-state index contributed by atoms with van der Waals surface area (Å²) in [6.45, 7) is 9.40. The number of pyridine rings is 1. The van der Waals surface area contributed by atoms with Gasteiger partial charge in [0.05, 0.1) is 25.8 Å². The van der Waals surface area contributed by atoms with Crippen LogP contribution in [0, 0.1) is 12.3 Å². The van der Waals surface area contributed by atoms with E-state index >= 15 is 0 Å². The smallest absolute Gasteiger partial charge is 0.287 e. The molecule has 1 N–H and O–H groups in total. The third-order valence-corrected chi connectivity index (χ3v) is 6.13. The van der Waals surface area contributed by atoms with E-state index in [1.807, 2.05) is 48.1 Å². The van der Waals surface area contributed by atoms with Crippen molar-refractivity contribution in [3.63, 3.8) is 0 Å². The normalized spacial score (nSPS) is 15.8. The Morgan fingerprint density at radius 2 is 1.78 bits per heavy atom. The standard InChI is InChI=1S/C24H27N7O/c1-17-26-21(23-28-27-22(32-23)19-7-5-4-6-8-19)29-31(17)16-18-9-12-25-20(15-18)30-13-10-24(2,3)11-14-30/h4-9,12,15H,10-11,13-14,16H2,1-3H3/p+1. The minimum absolute atomic E-state index is 0.323. The number of piperidine rings is 1. The highest BCUT2D eigenvalue weighted by Crippen LogP contribution is 2.31. The van der Waals surface area contributed by atoms with Gasteiger partial charge in [-0.05, 0) is 48.9 Å². The zero-order valence-corrected chi connectivity index (χ0v) is 18.7. The van der Waals surface area contributed by atoms with E-state index in [4.69, 9.17) is 4.42 Å². The maximum atomic E-state index is 5.82. The summed E-state index contributed by atoms with van der Waals surface area (Å²) in [4.78, 5) is 10.4. The molecular formula is C24H28N7O+. The van der Waals surface area contributed by atoms with E-state index in [0.29, 0.717) is 29.6 Å². The highest BCUT2D eigenvalue weighted by molar-refractivity contribution is 5.54. The predicted molar refractivity (Wildman–Crippen MR) is 121 cm³/mol. The molecule has 164 valence electrons. The molecule has 0 radical (unpaired) electrons. The van der Waals surface area contributed by atoms with Crippen LogP contribution in [0.15, 0.2) is 53.1 Å². The van der Waals surface area contributed by atoms with Crippen LogP contribution in [0.25, 0.3) is 23.2 Å². The topological polar surface area (TPSA) is 87.0 Å². The van der Waals surface area contributed by atoms with Gasteiger partial charge in [0.25, 0.3) is 11.7 Å². The van der Waals surface area contributed by atoms with E-state index in [0.717, 1.165) is 30.3 Å². The molecule has 1 fully saturated rings. The molecule has 1 aliphatic heterocycles. The van der Waals surface area contributed by atoms with Crippen molar-refractivity contribution < 1.29 is 9.40 Å². The van der Waals surface area contributed by atoms with Crippen molar-refractivity contribution >= 4 is 5.82 Å². The van der Waals surface area contributed by atoms with Crippen LogP contribution in [0.3, 0.4) is 0 Å². The van der Waals surface area contributed by atoms with Crippen molar-refractivity contribution in [2.45, 2.75) is 40.2 Å². The van der Waals surface area contributed by atoms with Crippen LogP contribution >= 0.6 is 0 Å². The van der Waals surface area contributed by atoms with Crippen LogP contribution in [0.5, 0.6) is 0 Å². The molecule has 1 aromatic carbocycles. The van der Waals surface area contributed by atoms with E-state index in [1.165, 1.54) is 18.4 Å². The van der Waals surface area contributed by atoms with Crippen LogP contribution in [-0.2, 0) is 6.54 Å². The first-order chi connectivity index (χ1) is 15.5. The van der Waals surface area contributed by atoms with Crippen LogP contribution in [0.4, 0.5) is 5.82 Å². The lowest BCUT2D eigenvalue weighted by Gasteiger charge is -2.33. The molecule has 4 heterocycles. The molecule has 0 spiro atoms. The SMILES string of the molecule is Cc1nc(-c2nnc(-c3ccccc3)o2)nn1Cc1cc[nH+]c(N2CCC(C)(C)CC2)c1. The second-order valence-corrected chi connectivity index (χ2v) is 9.15. The van der Waals surface area contributed by atoms with Gasteiger partial charge in [0.1, 0.15) is 5.82 Å². The molecule has 0 aliphatic carbocycles. The number of aromatic nitrogens is 6. The van der Waals surface area contributed by atoms with Gasteiger partial charge in [-0.15, -0.1) is 15.3 Å². The Morgan fingerprint density at radius 1 is 1.03 bits per heavy atom. The molecular weight excluding hydrogens is 402 g/mol. The molecule has 5 rings (SSSR count). The fourth-order valence-corrected chi connectivity index (χ4v) is 3.98. The first-order valence-corrected chi connectivity index (χ1v) is 11.0. The first kappa shape index (κ1) is 20.4. The fourth-order valence-electron chi connectivity index (χ4n) is 3.98. The molecule has 1 saturated heterocycles. The average molecular weight is 431 g/mol. The monoisotopic (exact) mass is 430 g/mol. The second-order valence-electron chi connectivity index (χ2n) is 9.15. The summed E-state index contributed by atoms with van der Waals surface area (Å²) < 4.78 is 7.69. The summed E-state index contributed by atoms with van der Waals surface area (Å²) in [5, 5.41) is 12.9. The molecule has 0 unspecified atom stereocenters. The zero-order chi connectivity index (χ0) is 22.1. The van der Waals surface area contributed by atoms with Crippen molar-refractivity contribution in [1.82, 2.24) is 25.0 Å². The van der Waals surface area contributed by atoms with Crippen molar-refractivity contribution in [1.29, 1.82) is 0 Å². The number of hydrogen-bond donors (Lipinski definition) is 0. The predicted octanol–water partition coefficient (Wildman–Crippen LogP) is 3.79. The summed E-state index contributed by atoms with van der Waals surface area (Å²) in [5.74, 6) is 3.18. The minimum Gasteiger partial charge on any atom is -0.413 e. The number of anilines is 1. The van der Waals surface area contributed by atoms with Gasteiger partial charge in [-0.25, -0.2) is 14.6 Å². The maximum Gasteiger partial charge on any atom is 0.287 e. The number of H-pyrrole nitrogens is 1. The molecule has 0 bridgehead atoms. The lowest BCUT2D eigenvalue weighted by atomic mass is 9.83. The molecule has 4 aromatic rings. The van der Waals surface area contributed by atoms with Crippen LogP contribution in [-0.4, -0.2) is 38.1 Å². The number of benzene rings is 1. The summed E-state index contributed by atoms with van der Waals surface area (Å²) >= 11 is 0. The molecule has 8 heteroatoms. The van der Waals surface area contributed by atoms with Gasteiger partial charge in [-0.2, -0.15) is 0 Å². The highest BCUT2D eigenvalue weighted by atomic mass is 16.4. The number of nitrogens with zero attached hydrogens (tertiary/aromatic N) is 6. The summed E-state index contributed by atoms with van der Waals surface area (Å²) in [7, 11) is 0. The molecule has 8 nitrogen and oxygen atoms in total. The summed E-state index contributed by atoms with van der Waals surface area (Å²) in [5.41, 5.74) is 2.47. The van der Waals surface area contributed by atoms with Crippen molar-refractivity contribution in [3.8, 4) is 23.2 Å². The molecule has 3 aromatic heterocycles. The Balaban J connectivity index is 1.33. The maximum absolute atomic E-state index is 5.82. The van der Waals surface area contributed by atoms with Gasteiger partial charge >= 0.3 is 0 Å². The van der Waals surface area contributed by atoms with Crippen molar-refractivity contribution in [2.24, 2.45) is 5.41 Å².